The molecule has 0 amide bonds. The first-order chi connectivity index (χ1) is 10.7. The van der Waals surface area contributed by atoms with Crippen LogP contribution in [-0.4, -0.2) is 32.4 Å². The van der Waals surface area contributed by atoms with Crippen molar-refractivity contribution in [2.24, 2.45) is 0 Å². The van der Waals surface area contributed by atoms with Crippen molar-refractivity contribution in [2.45, 2.75) is 0 Å². The van der Waals surface area contributed by atoms with E-state index in [2.05, 4.69) is 34.7 Å². The number of benzene rings is 2. The van der Waals surface area contributed by atoms with Gasteiger partial charge in [-0.2, -0.15) is 0 Å². The SMILES string of the molecule is COc1ccc(NC(=S)NCCN(C)c2ccccc2)cc1. The molecular weight excluding hydrogens is 294 g/mol. The van der Waals surface area contributed by atoms with Crippen molar-refractivity contribution < 1.29 is 4.74 Å². The van der Waals surface area contributed by atoms with Crippen molar-refractivity contribution in [3.8, 4) is 5.75 Å². The van der Waals surface area contributed by atoms with Crippen molar-refractivity contribution in [3.05, 3.63) is 54.6 Å². The number of nitrogens with one attached hydrogen (secondary N) is 2. The summed E-state index contributed by atoms with van der Waals surface area (Å²) in [6.45, 7) is 1.64. The number of likely N-dealkylation sites (N-methyl/N-ethyl adjacent to an activating group) is 1. The van der Waals surface area contributed by atoms with Crippen molar-refractivity contribution in [1.29, 1.82) is 0 Å². The summed E-state index contributed by atoms with van der Waals surface area (Å²) in [5.41, 5.74) is 2.13. The lowest BCUT2D eigenvalue weighted by Crippen LogP contribution is -2.35. The van der Waals surface area contributed by atoms with E-state index in [1.807, 2.05) is 42.5 Å². The normalized spacial score (nSPS) is 9.91. The zero-order valence-corrected chi connectivity index (χ0v) is 13.7. The van der Waals surface area contributed by atoms with Crippen molar-refractivity contribution in [1.82, 2.24) is 5.32 Å². The molecule has 0 heterocycles. The van der Waals surface area contributed by atoms with Crippen LogP contribution in [0.2, 0.25) is 0 Å². The lowest BCUT2D eigenvalue weighted by molar-refractivity contribution is 0.415. The van der Waals surface area contributed by atoms with Crippen LogP contribution in [0.3, 0.4) is 0 Å². The van der Waals surface area contributed by atoms with Gasteiger partial charge in [0.2, 0.25) is 0 Å². The van der Waals surface area contributed by atoms with Crippen LogP contribution in [0.5, 0.6) is 5.75 Å². The average molecular weight is 315 g/mol. The molecule has 0 atom stereocenters. The Labute approximate surface area is 137 Å². The summed E-state index contributed by atoms with van der Waals surface area (Å²) < 4.78 is 5.13. The van der Waals surface area contributed by atoms with Gasteiger partial charge in [0.05, 0.1) is 7.11 Å². The fourth-order valence-electron chi connectivity index (χ4n) is 2.00. The first-order valence-electron chi connectivity index (χ1n) is 7.14. The van der Waals surface area contributed by atoms with Crippen LogP contribution < -0.4 is 20.3 Å². The first-order valence-corrected chi connectivity index (χ1v) is 7.55. The van der Waals surface area contributed by atoms with E-state index in [1.54, 1.807) is 7.11 Å². The molecule has 5 heteroatoms. The molecule has 116 valence electrons. The quantitative estimate of drug-likeness (QED) is 0.801. The molecule has 0 saturated heterocycles. The highest BCUT2D eigenvalue weighted by molar-refractivity contribution is 7.80. The third-order valence-electron chi connectivity index (χ3n) is 3.28. The first kappa shape index (κ1) is 16.1. The monoisotopic (exact) mass is 315 g/mol. The number of rotatable bonds is 6. The maximum absolute atomic E-state index is 5.29. The summed E-state index contributed by atoms with van der Waals surface area (Å²) in [5.74, 6) is 0.828. The van der Waals surface area contributed by atoms with Gasteiger partial charge in [-0.3, -0.25) is 0 Å². The second-order valence-corrected chi connectivity index (χ2v) is 5.27. The minimum Gasteiger partial charge on any atom is -0.497 e. The van der Waals surface area contributed by atoms with E-state index >= 15 is 0 Å². The Kier molecular flexibility index (Phi) is 6.03. The van der Waals surface area contributed by atoms with E-state index in [0.717, 1.165) is 24.5 Å². The lowest BCUT2D eigenvalue weighted by Gasteiger charge is -2.20. The molecule has 2 aromatic carbocycles. The molecule has 2 N–H and O–H groups in total. The molecule has 0 fully saturated rings. The second-order valence-electron chi connectivity index (χ2n) is 4.87. The van der Waals surface area contributed by atoms with Crippen molar-refractivity contribution in [2.75, 3.05) is 37.5 Å². The number of methoxy groups -OCH3 is 1. The van der Waals surface area contributed by atoms with Gasteiger partial charge in [-0.25, -0.2) is 0 Å². The Balaban J connectivity index is 1.73. The molecule has 0 aliphatic carbocycles. The number of anilines is 2. The van der Waals surface area contributed by atoms with Gasteiger partial charge in [0, 0.05) is 31.5 Å². The van der Waals surface area contributed by atoms with Crippen LogP contribution in [0.25, 0.3) is 0 Å². The molecule has 4 nitrogen and oxygen atoms in total. The minimum absolute atomic E-state index is 0.617. The Hall–Kier alpha value is -2.27. The van der Waals surface area contributed by atoms with E-state index in [1.165, 1.54) is 5.69 Å². The summed E-state index contributed by atoms with van der Waals surface area (Å²) in [6, 6.07) is 17.9. The summed E-state index contributed by atoms with van der Waals surface area (Å²) in [6.07, 6.45) is 0. The second kappa shape index (κ2) is 8.24. The predicted molar refractivity (Wildman–Crippen MR) is 96.9 cm³/mol. The van der Waals surface area contributed by atoms with Crippen LogP contribution in [0, 0.1) is 0 Å². The Bertz CT molecular complexity index is 587. The zero-order valence-electron chi connectivity index (χ0n) is 12.9. The molecule has 0 radical (unpaired) electrons. The molecule has 0 aromatic heterocycles. The summed E-state index contributed by atoms with van der Waals surface area (Å²) in [5, 5.41) is 6.98. The highest BCUT2D eigenvalue weighted by atomic mass is 32.1. The van der Waals surface area contributed by atoms with Crippen LogP contribution >= 0.6 is 12.2 Å². The Morgan fingerprint density at radius 1 is 1.09 bits per heavy atom. The van der Waals surface area contributed by atoms with Crippen LogP contribution in [0.1, 0.15) is 0 Å². The van der Waals surface area contributed by atoms with Gasteiger partial charge in [0.25, 0.3) is 0 Å². The van der Waals surface area contributed by atoms with Crippen LogP contribution in [-0.2, 0) is 0 Å². The van der Waals surface area contributed by atoms with Gasteiger partial charge in [0.15, 0.2) is 5.11 Å². The standard InChI is InChI=1S/C17H21N3OS/c1-20(15-6-4-3-5-7-15)13-12-18-17(22)19-14-8-10-16(21-2)11-9-14/h3-11H,12-13H2,1-2H3,(H2,18,19,22). The summed E-state index contributed by atoms with van der Waals surface area (Å²) in [7, 11) is 3.72. The Morgan fingerprint density at radius 2 is 1.77 bits per heavy atom. The van der Waals surface area contributed by atoms with Crippen molar-refractivity contribution in [3.63, 3.8) is 0 Å². The number of nitrogens with zero attached hydrogens (tertiary/aromatic N) is 1. The summed E-state index contributed by atoms with van der Waals surface area (Å²) in [4.78, 5) is 2.18. The fourth-order valence-corrected chi connectivity index (χ4v) is 2.22. The van der Waals surface area contributed by atoms with Gasteiger partial charge < -0.3 is 20.3 Å². The molecule has 2 rings (SSSR count). The minimum atomic E-state index is 0.617. The van der Waals surface area contributed by atoms with Gasteiger partial charge in [-0.15, -0.1) is 0 Å². The van der Waals surface area contributed by atoms with E-state index in [9.17, 15) is 0 Å². The van der Waals surface area contributed by atoms with Gasteiger partial charge in [0.1, 0.15) is 5.75 Å². The van der Waals surface area contributed by atoms with Gasteiger partial charge >= 0.3 is 0 Å². The molecule has 0 bridgehead atoms. The number of thiocarbonyl (C=S) groups is 1. The maximum Gasteiger partial charge on any atom is 0.170 e. The van der Waals surface area contributed by atoms with E-state index in [-0.39, 0.29) is 0 Å². The molecule has 2 aromatic rings. The topological polar surface area (TPSA) is 36.5 Å². The smallest absolute Gasteiger partial charge is 0.170 e. The fraction of sp³-hybridized carbons (Fsp3) is 0.235. The van der Waals surface area contributed by atoms with E-state index in [0.29, 0.717) is 5.11 Å². The number of hydrogen-bond acceptors (Lipinski definition) is 3. The number of ether oxygens (including phenoxy) is 1. The molecule has 22 heavy (non-hydrogen) atoms. The van der Waals surface area contributed by atoms with Gasteiger partial charge in [-0.05, 0) is 48.6 Å². The zero-order chi connectivity index (χ0) is 15.8. The van der Waals surface area contributed by atoms with E-state index in [4.69, 9.17) is 17.0 Å². The maximum atomic E-state index is 5.29. The van der Waals surface area contributed by atoms with Crippen LogP contribution in [0.15, 0.2) is 54.6 Å². The highest BCUT2D eigenvalue weighted by Crippen LogP contribution is 2.14. The van der Waals surface area contributed by atoms with E-state index < -0.39 is 0 Å². The number of para-hydroxylation sites is 1. The molecule has 0 aliphatic heterocycles. The highest BCUT2D eigenvalue weighted by Gasteiger charge is 2.01. The molecule has 0 spiro atoms. The van der Waals surface area contributed by atoms with Crippen LogP contribution in [0.4, 0.5) is 11.4 Å². The lowest BCUT2D eigenvalue weighted by atomic mass is 10.3. The summed E-state index contributed by atoms with van der Waals surface area (Å²) >= 11 is 5.29. The molecule has 0 unspecified atom stereocenters. The largest absolute Gasteiger partial charge is 0.497 e. The third kappa shape index (κ3) is 4.93. The Morgan fingerprint density at radius 3 is 2.41 bits per heavy atom. The van der Waals surface area contributed by atoms with Gasteiger partial charge in [-0.1, -0.05) is 18.2 Å². The molecular formula is C17H21N3OS. The average Bonchev–Trinajstić information content (AvgIpc) is 2.56. The third-order valence-corrected chi connectivity index (χ3v) is 3.52. The number of hydrogen-bond donors (Lipinski definition) is 2. The van der Waals surface area contributed by atoms with Crippen molar-refractivity contribution >= 4 is 28.7 Å². The predicted octanol–water partition coefficient (Wildman–Crippen LogP) is 3.12. The molecule has 0 aliphatic rings. The molecule has 0 saturated carbocycles.